The molecule has 3 amide bonds. The van der Waals surface area contributed by atoms with Gasteiger partial charge in [0.05, 0.1) is 4.47 Å². The third kappa shape index (κ3) is 5.48. The van der Waals surface area contributed by atoms with Crippen molar-refractivity contribution in [2.45, 2.75) is 6.61 Å². The van der Waals surface area contributed by atoms with E-state index in [0.29, 0.717) is 22.4 Å². The zero-order valence-electron chi connectivity index (χ0n) is 13.0. The maximum absolute atomic E-state index is 11.7. The number of hydrogen-bond acceptors (Lipinski definition) is 4. The molecule has 0 aliphatic rings. The summed E-state index contributed by atoms with van der Waals surface area (Å²) >= 11 is 3.40. The second-order valence-electron chi connectivity index (χ2n) is 4.95. The number of nitrogens with two attached hydrogens (primary N) is 1. The number of rotatable bonds is 5. The van der Waals surface area contributed by atoms with Crippen LogP contribution in [-0.2, 0) is 11.4 Å². The van der Waals surface area contributed by atoms with Gasteiger partial charge in [-0.2, -0.15) is 5.26 Å². The Morgan fingerprint density at radius 2 is 1.96 bits per heavy atom. The molecule has 0 aromatic heterocycles. The van der Waals surface area contributed by atoms with Gasteiger partial charge < -0.3 is 10.5 Å². The predicted octanol–water partition coefficient (Wildman–Crippen LogP) is 3.13. The molecule has 0 aliphatic carbocycles. The van der Waals surface area contributed by atoms with Gasteiger partial charge in [-0.05, 0) is 45.3 Å². The van der Waals surface area contributed by atoms with Crippen molar-refractivity contribution in [3.8, 4) is 11.8 Å². The first kappa shape index (κ1) is 18.2. The number of amides is 3. The van der Waals surface area contributed by atoms with Crippen LogP contribution in [-0.4, -0.2) is 11.9 Å². The molecule has 126 valence electrons. The van der Waals surface area contributed by atoms with Gasteiger partial charge in [-0.1, -0.05) is 36.4 Å². The molecule has 2 rings (SSSR count). The molecule has 0 heterocycles. The molecular formula is C18H14BrN3O3. The topological polar surface area (TPSA) is 105 Å². The number of carbonyl (C=O) groups excluding carboxylic acids is 2. The van der Waals surface area contributed by atoms with Crippen molar-refractivity contribution in [3.63, 3.8) is 0 Å². The number of nitrogens with zero attached hydrogens (tertiary/aromatic N) is 1. The fourth-order valence-corrected chi connectivity index (χ4v) is 2.46. The monoisotopic (exact) mass is 399 g/mol. The zero-order chi connectivity index (χ0) is 18.2. The van der Waals surface area contributed by atoms with Crippen LogP contribution in [0.1, 0.15) is 11.1 Å². The van der Waals surface area contributed by atoms with E-state index in [1.165, 1.54) is 6.08 Å². The first-order valence-corrected chi connectivity index (χ1v) is 7.97. The van der Waals surface area contributed by atoms with E-state index in [0.717, 1.165) is 5.56 Å². The van der Waals surface area contributed by atoms with E-state index < -0.39 is 11.9 Å². The summed E-state index contributed by atoms with van der Waals surface area (Å²) in [4.78, 5) is 22.4. The van der Waals surface area contributed by atoms with Crippen LogP contribution in [0.4, 0.5) is 4.79 Å². The molecule has 0 atom stereocenters. The lowest BCUT2D eigenvalue weighted by molar-refractivity contribution is -0.115. The van der Waals surface area contributed by atoms with Crippen LogP contribution < -0.4 is 15.8 Å². The van der Waals surface area contributed by atoms with Crippen molar-refractivity contribution in [3.05, 3.63) is 69.7 Å². The van der Waals surface area contributed by atoms with Crippen LogP contribution in [0, 0.1) is 11.3 Å². The fraction of sp³-hybridized carbons (Fsp3) is 0.0556. The third-order valence-corrected chi connectivity index (χ3v) is 3.73. The summed E-state index contributed by atoms with van der Waals surface area (Å²) < 4.78 is 6.41. The molecule has 0 fully saturated rings. The van der Waals surface area contributed by atoms with Crippen molar-refractivity contribution in [2.75, 3.05) is 0 Å². The van der Waals surface area contributed by atoms with Crippen LogP contribution in [0.3, 0.4) is 0 Å². The smallest absolute Gasteiger partial charge is 0.319 e. The maximum Gasteiger partial charge on any atom is 0.319 e. The Bertz CT molecular complexity index is 858. The summed E-state index contributed by atoms with van der Waals surface area (Å²) in [6.45, 7) is 0.416. The largest absolute Gasteiger partial charge is 0.488 e. The maximum atomic E-state index is 11.7. The minimum absolute atomic E-state index is 0.233. The second-order valence-corrected chi connectivity index (χ2v) is 5.81. The van der Waals surface area contributed by atoms with Gasteiger partial charge in [0, 0.05) is 0 Å². The summed E-state index contributed by atoms with van der Waals surface area (Å²) in [6, 6.07) is 15.6. The summed E-state index contributed by atoms with van der Waals surface area (Å²) in [7, 11) is 0. The molecule has 0 bridgehead atoms. The van der Waals surface area contributed by atoms with Gasteiger partial charge in [0.25, 0.3) is 5.91 Å². The van der Waals surface area contributed by atoms with Crippen LogP contribution in [0.15, 0.2) is 58.6 Å². The Morgan fingerprint density at radius 3 is 2.56 bits per heavy atom. The first-order valence-electron chi connectivity index (χ1n) is 7.18. The fourth-order valence-electron chi connectivity index (χ4n) is 1.95. The van der Waals surface area contributed by atoms with Crippen LogP contribution in [0.25, 0.3) is 6.08 Å². The molecule has 0 spiro atoms. The Balaban J connectivity index is 2.12. The van der Waals surface area contributed by atoms with Crippen molar-refractivity contribution in [1.82, 2.24) is 5.32 Å². The number of urea groups is 1. The molecule has 0 saturated carbocycles. The van der Waals surface area contributed by atoms with Gasteiger partial charge in [0.2, 0.25) is 0 Å². The number of hydrogen-bond donors (Lipinski definition) is 2. The molecular weight excluding hydrogens is 386 g/mol. The van der Waals surface area contributed by atoms with Crippen LogP contribution in [0.5, 0.6) is 5.75 Å². The molecule has 0 aliphatic heterocycles. The van der Waals surface area contributed by atoms with Gasteiger partial charge in [-0.3, -0.25) is 10.1 Å². The number of carbonyl (C=O) groups is 2. The van der Waals surface area contributed by atoms with E-state index in [2.05, 4.69) is 15.9 Å². The second kappa shape index (κ2) is 8.66. The highest BCUT2D eigenvalue weighted by atomic mass is 79.9. The average molecular weight is 400 g/mol. The molecule has 7 heteroatoms. The van der Waals surface area contributed by atoms with Crippen molar-refractivity contribution >= 4 is 33.9 Å². The molecule has 2 aromatic rings. The minimum atomic E-state index is -1.02. The van der Waals surface area contributed by atoms with E-state index in [1.807, 2.05) is 35.6 Å². The average Bonchev–Trinajstić information content (AvgIpc) is 2.59. The van der Waals surface area contributed by atoms with Crippen molar-refractivity contribution < 1.29 is 14.3 Å². The van der Waals surface area contributed by atoms with E-state index in [-0.39, 0.29) is 5.57 Å². The van der Waals surface area contributed by atoms with E-state index in [4.69, 9.17) is 15.7 Å². The normalized spacial score (nSPS) is 10.6. The molecule has 6 nitrogen and oxygen atoms in total. The molecule has 0 radical (unpaired) electrons. The van der Waals surface area contributed by atoms with Crippen molar-refractivity contribution in [2.24, 2.45) is 5.73 Å². The number of halogens is 1. The Kier molecular flexibility index (Phi) is 6.32. The number of benzene rings is 2. The van der Waals surface area contributed by atoms with Gasteiger partial charge in [0.1, 0.15) is 24.0 Å². The number of nitriles is 1. The summed E-state index contributed by atoms with van der Waals surface area (Å²) in [6.07, 6.45) is 1.35. The molecule has 2 aromatic carbocycles. The zero-order valence-corrected chi connectivity index (χ0v) is 14.6. The third-order valence-electron chi connectivity index (χ3n) is 3.11. The standard InChI is InChI=1S/C18H14BrN3O3/c19-15-9-13(8-14(10-20)17(23)22-18(21)24)6-7-16(15)25-11-12-4-2-1-3-5-12/h1-9H,11H2,(H3,21,22,23,24)/b14-8-. The van der Waals surface area contributed by atoms with E-state index in [1.54, 1.807) is 24.3 Å². The molecule has 0 unspecified atom stereocenters. The van der Waals surface area contributed by atoms with Gasteiger partial charge in [-0.25, -0.2) is 4.79 Å². The Hall–Kier alpha value is -3.11. The highest BCUT2D eigenvalue weighted by Gasteiger charge is 2.11. The van der Waals surface area contributed by atoms with Crippen LogP contribution in [0.2, 0.25) is 0 Å². The number of primary amides is 1. The highest BCUT2D eigenvalue weighted by Crippen LogP contribution is 2.27. The summed E-state index contributed by atoms with van der Waals surface area (Å²) in [5, 5.41) is 10.9. The molecule has 3 N–H and O–H groups in total. The predicted molar refractivity (Wildman–Crippen MR) is 96.2 cm³/mol. The lowest BCUT2D eigenvalue weighted by Gasteiger charge is -2.09. The Morgan fingerprint density at radius 1 is 1.24 bits per heavy atom. The number of nitrogens with one attached hydrogen (secondary N) is 1. The van der Waals surface area contributed by atoms with Gasteiger partial charge in [0.15, 0.2) is 0 Å². The van der Waals surface area contributed by atoms with E-state index >= 15 is 0 Å². The summed E-state index contributed by atoms with van der Waals surface area (Å²) in [5.74, 6) is -0.225. The van der Waals surface area contributed by atoms with Crippen molar-refractivity contribution in [1.29, 1.82) is 5.26 Å². The molecule has 25 heavy (non-hydrogen) atoms. The minimum Gasteiger partial charge on any atom is -0.488 e. The summed E-state index contributed by atoms with van der Waals surface area (Å²) in [5.41, 5.74) is 6.27. The van der Waals surface area contributed by atoms with Gasteiger partial charge >= 0.3 is 6.03 Å². The number of imide groups is 1. The first-order chi connectivity index (χ1) is 12.0. The Labute approximate surface area is 153 Å². The van der Waals surface area contributed by atoms with Gasteiger partial charge in [-0.15, -0.1) is 0 Å². The van der Waals surface area contributed by atoms with Crippen LogP contribution >= 0.6 is 15.9 Å². The molecule has 0 saturated heterocycles. The SMILES string of the molecule is N#C/C(=C/c1ccc(OCc2ccccc2)c(Br)c1)C(=O)NC(N)=O. The lowest BCUT2D eigenvalue weighted by Crippen LogP contribution is -2.35. The van der Waals surface area contributed by atoms with E-state index in [9.17, 15) is 9.59 Å². The quantitative estimate of drug-likeness (QED) is 0.594. The highest BCUT2D eigenvalue weighted by molar-refractivity contribution is 9.10. The lowest BCUT2D eigenvalue weighted by atomic mass is 10.1. The number of ether oxygens (including phenoxy) is 1.